The van der Waals surface area contributed by atoms with Gasteiger partial charge in [0.05, 0.1) is 12.0 Å². The molecule has 15 heteroatoms. The van der Waals surface area contributed by atoms with Crippen molar-refractivity contribution in [1.82, 2.24) is 15.6 Å². The van der Waals surface area contributed by atoms with E-state index in [-0.39, 0.29) is 30.7 Å². The molecule has 222 valence electrons. The highest BCUT2D eigenvalue weighted by Crippen LogP contribution is 2.25. The van der Waals surface area contributed by atoms with Gasteiger partial charge in [-0.2, -0.15) is 4.99 Å². The summed E-state index contributed by atoms with van der Waals surface area (Å²) in [6.45, 7) is 1.94. The number of carbonyl (C=O) groups excluding carboxylic acids is 3. The summed E-state index contributed by atoms with van der Waals surface area (Å²) < 4.78 is 0. The number of nitrogens with zero attached hydrogens (tertiary/aromatic N) is 2. The van der Waals surface area contributed by atoms with Crippen LogP contribution in [-0.4, -0.2) is 58.0 Å². The van der Waals surface area contributed by atoms with E-state index in [0.29, 0.717) is 40.8 Å². The number of amides is 5. The molecule has 3 aromatic rings. The first-order valence-corrected chi connectivity index (χ1v) is 13.3. The molecule has 14 nitrogen and oxygen atoms in total. The van der Waals surface area contributed by atoms with Crippen LogP contribution in [0.3, 0.4) is 0 Å². The molecule has 0 bridgehead atoms. The molecule has 0 spiro atoms. The number of carbonyl (C=O) groups is 5. The first-order valence-electron chi connectivity index (χ1n) is 12.5. The molecule has 5 amide bonds. The third kappa shape index (κ3) is 13.2. The average molecular weight is 598 g/mol. The number of aryl methyl sites for hydroxylation is 2. The van der Waals surface area contributed by atoms with E-state index in [1.54, 1.807) is 12.1 Å². The molecule has 3 rings (SSSR count). The van der Waals surface area contributed by atoms with Crippen molar-refractivity contribution in [2.45, 2.75) is 32.7 Å². The van der Waals surface area contributed by atoms with Crippen LogP contribution in [-0.2, 0) is 29.0 Å². The van der Waals surface area contributed by atoms with Gasteiger partial charge in [0, 0.05) is 32.1 Å². The monoisotopic (exact) mass is 597 g/mol. The Morgan fingerprint density at radius 2 is 1.62 bits per heavy atom. The molecule has 2 aromatic carbocycles. The molecule has 0 saturated carbocycles. The molecule has 0 aliphatic heterocycles. The Bertz CT molecular complexity index is 1390. The van der Waals surface area contributed by atoms with Crippen molar-refractivity contribution < 1.29 is 34.2 Å². The Balaban J connectivity index is 0.00000144. The lowest BCUT2D eigenvalue weighted by Gasteiger charge is -2.07. The Morgan fingerprint density at radius 3 is 2.24 bits per heavy atom. The Labute approximate surface area is 245 Å². The fourth-order valence-electron chi connectivity index (χ4n) is 3.35. The van der Waals surface area contributed by atoms with Crippen LogP contribution in [0.5, 0.6) is 0 Å². The van der Waals surface area contributed by atoms with Gasteiger partial charge in [-0.05, 0) is 36.1 Å². The largest absolute Gasteiger partial charge is 0.465 e. The van der Waals surface area contributed by atoms with Crippen molar-refractivity contribution in [3.8, 4) is 0 Å². The summed E-state index contributed by atoms with van der Waals surface area (Å²) in [4.78, 5) is 63.8. The molecule has 0 atom stereocenters. The zero-order chi connectivity index (χ0) is 30.9. The van der Waals surface area contributed by atoms with Crippen LogP contribution in [0.1, 0.15) is 39.8 Å². The summed E-state index contributed by atoms with van der Waals surface area (Å²) in [6.07, 6.45) is -0.378. The molecule has 0 saturated heterocycles. The van der Waals surface area contributed by atoms with Crippen molar-refractivity contribution in [2.75, 3.05) is 17.2 Å². The topological polar surface area (TPSA) is 225 Å². The molecular formula is C27H31N7O7S. The molecule has 0 aliphatic rings. The summed E-state index contributed by atoms with van der Waals surface area (Å²) in [5.41, 5.74) is 7.21. The summed E-state index contributed by atoms with van der Waals surface area (Å²) >= 11 is 1.08. The number of hydrogen-bond donors (Lipinski definition) is 7. The number of anilines is 2. The standard InChI is InChI=1S/C26H28N6O5S.CH3NO2/c1-17(33)31-25-32-21(12-9-18-7-10-20(11-8-18)29-16-30-26(36)37)23(38-25)24(35)27-14-13-22(34)28-15-19-5-3-2-4-6-19;2-1(3)4/h2-8,10-11,16H,9,12-15H2,1H3,(H,27,35)(H,28,34)(H,29,30)(H,36,37)(H,31,32,33);2H2,(H,3,4). The number of primary amides is 1. The lowest BCUT2D eigenvalue weighted by Crippen LogP contribution is -2.30. The van der Waals surface area contributed by atoms with E-state index in [1.165, 1.54) is 6.92 Å². The smallest absolute Gasteiger partial charge is 0.432 e. The molecule has 42 heavy (non-hydrogen) atoms. The van der Waals surface area contributed by atoms with Gasteiger partial charge in [0.15, 0.2) is 5.13 Å². The van der Waals surface area contributed by atoms with Crippen LogP contribution in [0, 0.1) is 0 Å². The fourth-order valence-corrected chi connectivity index (χ4v) is 4.32. The van der Waals surface area contributed by atoms with Crippen LogP contribution in [0.15, 0.2) is 59.6 Å². The Morgan fingerprint density at radius 1 is 0.952 bits per heavy atom. The minimum absolute atomic E-state index is 0.128. The molecule has 0 radical (unpaired) electrons. The van der Waals surface area contributed by atoms with E-state index in [4.69, 9.17) is 15.0 Å². The van der Waals surface area contributed by atoms with Crippen molar-refractivity contribution in [2.24, 2.45) is 10.7 Å². The number of aromatic nitrogens is 1. The molecule has 0 fully saturated rings. The minimum atomic E-state index is -1.33. The Kier molecular flexibility index (Phi) is 13.6. The van der Waals surface area contributed by atoms with Crippen molar-refractivity contribution >= 4 is 58.4 Å². The second-order valence-corrected chi connectivity index (χ2v) is 9.46. The van der Waals surface area contributed by atoms with E-state index in [9.17, 15) is 19.2 Å². The second kappa shape index (κ2) is 17.4. The zero-order valence-corrected chi connectivity index (χ0v) is 23.4. The highest BCUT2D eigenvalue weighted by atomic mass is 32.1. The van der Waals surface area contributed by atoms with Gasteiger partial charge in [-0.3, -0.25) is 14.4 Å². The summed E-state index contributed by atoms with van der Waals surface area (Å²) in [5, 5.41) is 27.0. The van der Waals surface area contributed by atoms with Gasteiger partial charge in [-0.15, -0.1) is 0 Å². The average Bonchev–Trinajstić information content (AvgIpc) is 3.33. The third-order valence-corrected chi connectivity index (χ3v) is 6.18. The zero-order valence-electron chi connectivity index (χ0n) is 22.6. The van der Waals surface area contributed by atoms with E-state index >= 15 is 0 Å². The summed E-state index contributed by atoms with van der Waals surface area (Å²) in [5.74, 6) is -0.825. The number of benzene rings is 2. The van der Waals surface area contributed by atoms with Gasteiger partial charge in [-0.25, -0.2) is 14.6 Å². The van der Waals surface area contributed by atoms with Gasteiger partial charge in [0.2, 0.25) is 11.8 Å². The van der Waals surface area contributed by atoms with Crippen LogP contribution < -0.4 is 27.0 Å². The van der Waals surface area contributed by atoms with E-state index < -0.39 is 12.2 Å². The summed E-state index contributed by atoms with van der Waals surface area (Å²) in [7, 11) is 0. The molecule has 8 N–H and O–H groups in total. The summed E-state index contributed by atoms with van der Waals surface area (Å²) in [6, 6.07) is 16.8. The maximum atomic E-state index is 12.9. The lowest BCUT2D eigenvalue weighted by molar-refractivity contribution is -0.121. The third-order valence-electron chi connectivity index (χ3n) is 5.17. The normalized spacial score (nSPS) is 10.2. The van der Waals surface area contributed by atoms with E-state index in [2.05, 4.69) is 37.0 Å². The van der Waals surface area contributed by atoms with Crippen LogP contribution >= 0.6 is 11.3 Å². The molecule has 0 unspecified atom stereocenters. The predicted molar refractivity (Wildman–Crippen MR) is 158 cm³/mol. The minimum Gasteiger partial charge on any atom is -0.465 e. The Hall–Kier alpha value is -5.31. The number of hydrogen-bond acceptors (Lipinski definition) is 7. The van der Waals surface area contributed by atoms with Gasteiger partial charge < -0.3 is 37.2 Å². The maximum Gasteiger partial charge on any atom is 0.432 e. The number of carboxylic acid groups (broad SMARTS) is 2. The lowest BCUT2D eigenvalue weighted by atomic mass is 10.1. The van der Waals surface area contributed by atoms with Gasteiger partial charge >= 0.3 is 12.2 Å². The van der Waals surface area contributed by atoms with Crippen LogP contribution in [0.2, 0.25) is 0 Å². The number of thiazole rings is 1. The quantitative estimate of drug-likeness (QED) is 0.120. The number of aliphatic imine (C=N–C) groups is 1. The number of rotatable bonds is 12. The molecule has 1 aromatic heterocycles. The predicted octanol–water partition coefficient (Wildman–Crippen LogP) is 3.06. The van der Waals surface area contributed by atoms with Crippen LogP contribution in [0.4, 0.5) is 20.4 Å². The van der Waals surface area contributed by atoms with Crippen molar-refractivity contribution in [3.05, 3.63) is 76.3 Å². The van der Waals surface area contributed by atoms with Crippen molar-refractivity contribution in [3.63, 3.8) is 0 Å². The van der Waals surface area contributed by atoms with Crippen molar-refractivity contribution in [1.29, 1.82) is 0 Å². The van der Waals surface area contributed by atoms with E-state index in [1.807, 2.05) is 42.5 Å². The maximum absolute atomic E-state index is 12.9. The van der Waals surface area contributed by atoms with Gasteiger partial charge in [-0.1, -0.05) is 53.8 Å². The second-order valence-electron chi connectivity index (χ2n) is 8.46. The van der Waals surface area contributed by atoms with Gasteiger partial charge in [0.1, 0.15) is 4.88 Å². The molecular weight excluding hydrogens is 566 g/mol. The number of nitrogens with one attached hydrogen (secondary N) is 4. The fraction of sp³-hybridized carbons (Fsp3) is 0.222. The van der Waals surface area contributed by atoms with E-state index in [0.717, 1.165) is 28.8 Å². The molecule has 0 aliphatic carbocycles. The highest BCUT2D eigenvalue weighted by Gasteiger charge is 2.19. The first-order chi connectivity index (χ1) is 20.0. The highest BCUT2D eigenvalue weighted by molar-refractivity contribution is 7.17. The van der Waals surface area contributed by atoms with Crippen LogP contribution in [0.25, 0.3) is 0 Å². The first kappa shape index (κ1) is 32.9. The van der Waals surface area contributed by atoms with Gasteiger partial charge in [0.25, 0.3) is 5.91 Å². The SMILES string of the molecule is CC(=O)Nc1nc(CCc2ccc(NC=NC(=O)O)cc2)c(C(=O)NCCC(=O)NCc2ccccc2)s1.NC(=O)O. The molecule has 1 heterocycles. The number of nitrogens with two attached hydrogens (primary N) is 1.